The molecule has 1 aromatic carbocycles. The molecule has 0 amide bonds. The highest BCUT2D eigenvalue weighted by Crippen LogP contribution is 2.39. The van der Waals surface area contributed by atoms with Crippen LogP contribution in [0.5, 0.6) is 5.75 Å². The number of nitrogens with two attached hydrogens (primary N) is 1. The number of rotatable bonds is 3. The third-order valence-corrected chi connectivity index (χ3v) is 3.00. The van der Waals surface area contributed by atoms with Crippen LogP contribution in [0, 0.1) is 5.82 Å². The maximum Gasteiger partial charge on any atom is 0.140 e. The summed E-state index contributed by atoms with van der Waals surface area (Å²) in [4.78, 5) is 0. The van der Waals surface area contributed by atoms with Crippen LogP contribution < -0.4 is 10.5 Å². The first-order valence-electron chi connectivity index (χ1n) is 4.85. The third-order valence-electron chi connectivity index (χ3n) is 2.72. The first-order valence-corrected chi connectivity index (χ1v) is 5.23. The molecule has 0 unspecified atom stereocenters. The van der Waals surface area contributed by atoms with E-state index in [9.17, 15) is 4.39 Å². The lowest BCUT2D eigenvalue weighted by atomic mass is 10.0. The van der Waals surface area contributed by atoms with E-state index in [2.05, 4.69) is 0 Å². The molecule has 82 valence electrons. The van der Waals surface area contributed by atoms with Crippen molar-refractivity contribution < 1.29 is 9.13 Å². The summed E-state index contributed by atoms with van der Waals surface area (Å²) in [6.07, 6.45) is 2.57. The Bertz CT molecular complexity index is 390. The first-order chi connectivity index (χ1) is 7.04. The lowest BCUT2D eigenvalue weighted by molar-refractivity contribution is 0.406. The monoisotopic (exact) mass is 229 g/mol. The molecule has 1 aliphatic rings. The van der Waals surface area contributed by atoms with Gasteiger partial charge in [-0.05, 0) is 31.4 Å². The van der Waals surface area contributed by atoms with E-state index in [1.54, 1.807) is 0 Å². The topological polar surface area (TPSA) is 35.2 Å². The second-order valence-electron chi connectivity index (χ2n) is 4.12. The van der Waals surface area contributed by atoms with Crippen LogP contribution in [0.3, 0.4) is 0 Å². The van der Waals surface area contributed by atoms with Gasteiger partial charge in [-0.25, -0.2) is 4.39 Å². The van der Waals surface area contributed by atoms with E-state index >= 15 is 0 Å². The summed E-state index contributed by atoms with van der Waals surface area (Å²) >= 11 is 5.88. The molecule has 15 heavy (non-hydrogen) atoms. The Balaban J connectivity index is 2.35. The molecule has 0 saturated heterocycles. The minimum absolute atomic E-state index is 0.176. The summed E-state index contributed by atoms with van der Waals surface area (Å²) in [5.74, 6) is 0.190. The van der Waals surface area contributed by atoms with Crippen molar-refractivity contribution in [2.75, 3.05) is 7.11 Å². The fraction of sp³-hybridized carbons (Fsp3) is 0.455. The second kappa shape index (κ2) is 3.65. The van der Waals surface area contributed by atoms with Crippen molar-refractivity contribution in [2.24, 2.45) is 5.73 Å². The van der Waals surface area contributed by atoms with Gasteiger partial charge in [-0.2, -0.15) is 0 Å². The fourth-order valence-corrected chi connectivity index (χ4v) is 1.99. The van der Waals surface area contributed by atoms with Crippen LogP contribution in [0.1, 0.15) is 18.4 Å². The molecule has 0 atom stereocenters. The highest BCUT2D eigenvalue weighted by molar-refractivity contribution is 6.32. The summed E-state index contributed by atoms with van der Waals surface area (Å²) in [7, 11) is 1.53. The Hall–Kier alpha value is -0.800. The highest BCUT2D eigenvalue weighted by atomic mass is 35.5. The minimum Gasteiger partial charge on any atom is -0.495 e. The van der Waals surface area contributed by atoms with E-state index in [-0.39, 0.29) is 11.4 Å². The summed E-state index contributed by atoms with van der Waals surface area (Å²) in [6, 6.07) is 2.69. The van der Waals surface area contributed by atoms with Gasteiger partial charge in [0.25, 0.3) is 0 Å². The molecule has 1 saturated carbocycles. The fourth-order valence-electron chi connectivity index (χ4n) is 1.69. The Morgan fingerprint density at radius 2 is 2.20 bits per heavy atom. The van der Waals surface area contributed by atoms with Crippen molar-refractivity contribution in [3.05, 3.63) is 28.5 Å². The van der Waals surface area contributed by atoms with E-state index in [0.717, 1.165) is 18.4 Å². The van der Waals surface area contributed by atoms with Gasteiger partial charge in [0.05, 0.1) is 12.1 Å². The zero-order valence-electron chi connectivity index (χ0n) is 8.52. The van der Waals surface area contributed by atoms with Gasteiger partial charge in [0, 0.05) is 11.1 Å². The van der Waals surface area contributed by atoms with Crippen LogP contribution >= 0.6 is 11.6 Å². The van der Waals surface area contributed by atoms with Crippen LogP contribution in [0.15, 0.2) is 12.1 Å². The van der Waals surface area contributed by atoms with Crippen molar-refractivity contribution in [2.45, 2.75) is 24.8 Å². The maximum atomic E-state index is 13.2. The van der Waals surface area contributed by atoms with Crippen molar-refractivity contribution in [3.63, 3.8) is 0 Å². The van der Waals surface area contributed by atoms with Crippen molar-refractivity contribution in [1.82, 2.24) is 0 Å². The van der Waals surface area contributed by atoms with Crippen LogP contribution in [0.4, 0.5) is 4.39 Å². The summed E-state index contributed by atoms with van der Waals surface area (Å²) in [5, 5.41) is 0.303. The van der Waals surface area contributed by atoms with Gasteiger partial charge in [-0.3, -0.25) is 0 Å². The molecule has 2 rings (SSSR count). The van der Waals surface area contributed by atoms with Gasteiger partial charge < -0.3 is 10.5 Å². The molecule has 0 aliphatic heterocycles. The molecule has 1 fully saturated rings. The van der Waals surface area contributed by atoms with Gasteiger partial charge in [-0.15, -0.1) is 0 Å². The number of methoxy groups -OCH3 is 1. The van der Waals surface area contributed by atoms with Gasteiger partial charge in [0.2, 0.25) is 0 Å². The molecule has 0 aromatic heterocycles. The Labute approximate surface area is 93.2 Å². The van der Waals surface area contributed by atoms with Crippen LogP contribution in [-0.2, 0) is 6.42 Å². The zero-order chi connectivity index (χ0) is 11.1. The zero-order valence-corrected chi connectivity index (χ0v) is 9.27. The van der Waals surface area contributed by atoms with Crippen LogP contribution in [0.2, 0.25) is 5.02 Å². The van der Waals surface area contributed by atoms with E-state index in [1.807, 2.05) is 0 Å². The molecule has 2 nitrogen and oxygen atoms in total. The van der Waals surface area contributed by atoms with Crippen molar-refractivity contribution in [3.8, 4) is 5.75 Å². The summed E-state index contributed by atoms with van der Waals surface area (Å²) in [5.41, 5.74) is 6.56. The van der Waals surface area contributed by atoms with Crippen molar-refractivity contribution in [1.29, 1.82) is 0 Å². The molecule has 0 bridgehead atoms. The average molecular weight is 230 g/mol. The number of halogens is 2. The molecule has 0 radical (unpaired) electrons. The molecule has 0 spiro atoms. The predicted molar refractivity (Wildman–Crippen MR) is 57.8 cm³/mol. The normalized spacial score (nSPS) is 17.6. The largest absolute Gasteiger partial charge is 0.495 e. The molecule has 1 aliphatic carbocycles. The van der Waals surface area contributed by atoms with Gasteiger partial charge in [-0.1, -0.05) is 11.6 Å². The molecule has 4 heteroatoms. The van der Waals surface area contributed by atoms with E-state index in [4.69, 9.17) is 22.1 Å². The lowest BCUT2D eigenvalue weighted by Crippen LogP contribution is -2.24. The Morgan fingerprint density at radius 1 is 1.53 bits per heavy atom. The van der Waals surface area contributed by atoms with E-state index < -0.39 is 0 Å². The van der Waals surface area contributed by atoms with Crippen LogP contribution in [0.25, 0.3) is 0 Å². The third kappa shape index (κ3) is 2.24. The second-order valence-corrected chi connectivity index (χ2v) is 4.53. The molecular weight excluding hydrogens is 217 g/mol. The Morgan fingerprint density at radius 3 is 2.73 bits per heavy atom. The Kier molecular flexibility index (Phi) is 2.61. The SMILES string of the molecule is COc1c(Cl)cc(F)cc1CC1(N)CC1. The average Bonchev–Trinajstić information content (AvgIpc) is 2.82. The smallest absolute Gasteiger partial charge is 0.140 e. The van der Waals surface area contributed by atoms with Gasteiger partial charge in [0.1, 0.15) is 11.6 Å². The van der Waals surface area contributed by atoms with Crippen LogP contribution in [-0.4, -0.2) is 12.6 Å². The van der Waals surface area contributed by atoms with Crippen molar-refractivity contribution >= 4 is 11.6 Å². The summed E-state index contributed by atoms with van der Waals surface area (Å²) < 4.78 is 18.3. The first kappa shape index (κ1) is 10.7. The maximum absolute atomic E-state index is 13.2. The summed E-state index contributed by atoms with van der Waals surface area (Å²) in [6.45, 7) is 0. The predicted octanol–water partition coefficient (Wildman–Crippen LogP) is 2.52. The minimum atomic E-state index is -0.347. The quantitative estimate of drug-likeness (QED) is 0.865. The molecule has 1 aromatic rings. The number of hydrogen-bond donors (Lipinski definition) is 1. The number of ether oxygens (including phenoxy) is 1. The molecule has 0 heterocycles. The lowest BCUT2D eigenvalue weighted by Gasteiger charge is -2.13. The van der Waals surface area contributed by atoms with Gasteiger partial charge >= 0.3 is 0 Å². The molecular formula is C11H13ClFNO. The highest BCUT2D eigenvalue weighted by Gasteiger charge is 2.39. The van der Waals surface area contributed by atoms with Gasteiger partial charge in [0.15, 0.2) is 0 Å². The van der Waals surface area contributed by atoms with E-state index in [1.165, 1.54) is 19.2 Å². The molecule has 2 N–H and O–H groups in total. The number of hydrogen-bond acceptors (Lipinski definition) is 2. The standard InChI is InChI=1S/C11H13ClFNO/c1-15-10-7(6-11(14)2-3-11)4-8(13)5-9(10)12/h4-5H,2-3,6,14H2,1H3. The number of benzene rings is 1. The van der Waals surface area contributed by atoms with E-state index in [0.29, 0.717) is 17.2 Å².